The van der Waals surface area contributed by atoms with E-state index in [0.717, 1.165) is 17.3 Å². The summed E-state index contributed by atoms with van der Waals surface area (Å²) in [5.74, 6) is 0. The Morgan fingerprint density at radius 1 is 1.43 bits per heavy atom. The van der Waals surface area contributed by atoms with Crippen molar-refractivity contribution in [2.24, 2.45) is 5.73 Å². The van der Waals surface area contributed by atoms with Crippen molar-refractivity contribution in [2.45, 2.75) is 6.42 Å². The van der Waals surface area contributed by atoms with Crippen LogP contribution < -0.4 is 5.73 Å². The molecular formula is C11H11N3. The average molecular weight is 185 g/mol. The number of hydrogen-bond donors (Lipinski definition) is 2. The first-order chi connectivity index (χ1) is 6.85. The third-order valence-corrected chi connectivity index (χ3v) is 2.30. The summed E-state index contributed by atoms with van der Waals surface area (Å²) >= 11 is 0. The number of aromatic amines is 1. The summed E-state index contributed by atoms with van der Waals surface area (Å²) in [5.41, 5.74) is 8.35. The van der Waals surface area contributed by atoms with E-state index >= 15 is 0 Å². The third kappa shape index (κ3) is 1.36. The minimum Gasteiger partial charge on any atom is -0.360 e. The highest BCUT2D eigenvalue weighted by Crippen LogP contribution is 2.19. The van der Waals surface area contributed by atoms with E-state index in [4.69, 9.17) is 11.0 Å². The second kappa shape index (κ2) is 3.52. The van der Waals surface area contributed by atoms with Gasteiger partial charge in [0.15, 0.2) is 0 Å². The van der Waals surface area contributed by atoms with Gasteiger partial charge in [-0.3, -0.25) is 0 Å². The lowest BCUT2D eigenvalue weighted by atomic mass is 10.1. The molecule has 3 N–H and O–H groups in total. The number of aromatic nitrogens is 1. The first-order valence-electron chi connectivity index (χ1n) is 4.55. The fraction of sp³-hybridized carbons (Fsp3) is 0.182. The van der Waals surface area contributed by atoms with Gasteiger partial charge in [-0.05, 0) is 30.7 Å². The van der Waals surface area contributed by atoms with Crippen LogP contribution in [0.3, 0.4) is 0 Å². The molecule has 0 saturated carbocycles. The highest BCUT2D eigenvalue weighted by molar-refractivity contribution is 5.86. The molecule has 0 aliphatic carbocycles. The number of fused-ring (bicyclic) bond motifs is 1. The zero-order chi connectivity index (χ0) is 9.97. The van der Waals surface area contributed by atoms with Crippen LogP contribution in [0.2, 0.25) is 0 Å². The van der Waals surface area contributed by atoms with Crippen LogP contribution in [0, 0.1) is 11.3 Å². The van der Waals surface area contributed by atoms with Gasteiger partial charge in [-0.15, -0.1) is 0 Å². The molecule has 3 nitrogen and oxygen atoms in total. The number of hydrogen-bond acceptors (Lipinski definition) is 2. The molecule has 0 aliphatic rings. The Morgan fingerprint density at radius 3 is 3.00 bits per heavy atom. The Balaban J connectivity index is 2.57. The molecule has 0 bridgehead atoms. The van der Waals surface area contributed by atoms with Gasteiger partial charge in [0.2, 0.25) is 0 Å². The van der Waals surface area contributed by atoms with Crippen molar-refractivity contribution >= 4 is 10.9 Å². The van der Waals surface area contributed by atoms with Crippen LogP contribution in [0.4, 0.5) is 0 Å². The molecule has 2 rings (SSSR count). The van der Waals surface area contributed by atoms with Crippen LogP contribution in [0.1, 0.15) is 11.1 Å². The fourth-order valence-corrected chi connectivity index (χ4v) is 1.58. The predicted molar refractivity (Wildman–Crippen MR) is 55.8 cm³/mol. The number of nitrogens with two attached hydrogens (primary N) is 1. The van der Waals surface area contributed by atoms with E-state index in [1.54, 1.807) is 6.20 Å². The lowest BCUT2D eigenvalue weighted by molar-refractivity contribution is 0.971. The molecule has 1 aromatic carbocycles. The summed E-state index contributed by atoms with van der Waals surface area (Å²) in [4.78, 5) is 3.05. The van der Waals surface area contributed by atoms with Gasteiger partial charge in [-0.2, -0.15) is 5.26 Å². The largest absolute Gasteiger partial charge is 0.360 e. The summed E-state index contributed by atoms with van der Waals surface area (Å²) in [6.07, 6.45) is 2.59. The van der Waals surface area contributed by atoms with E-state index in [-0.39, 0.29) is 0 Å². The molecule has 0 atom stereocenters. The molecule has 0 unspecified atom stereocenters. The van der Waals surface area contributed by atoms with Crippen molar-refractivity contribution in [1.29, 1.82) is 5.26 Å². The first kappa shape index (κ1) is 8.79. The summed E-state index contributed by atoms with van der Waals surface area (Å²) < 4.78 is 0. The van der Waals surface area contributed by atoms with E-state index in [1.807, 2.05) is 18.2 Å². The van der Waals surface area contributed by atoms with Crippen LogP contribution in [0.5, 0.6) is 0 Å². The number of nitriles is 1. The van der Waals surface area contributed by atoms with Crippen molar-refractivity contribution < 1.29 is 0 Å². The maximum atomic E-state index is 8.85. The Labute approximate surface area is 82.1 Å². The van der Waals surface area contributed by atoms with Crippen molar-refractivity contribution in [3.63, 3.8) is 0 Å². The zero-order valence-electron chi connectivity index (χ0n) is 7.75. The highest BCUT2D eigenvalue weighted by Gasteiger charge is 2.02. The molecule has 0 radical (unpaired) electrons. The van der Waals surface area contributed by atoms with Crippen molar-refractivity contribution in [3.8, 4) is 6.07 Å². The van der Waals surface area contributed by atoms with Gasteiger partial charge in [0, 0.05) is 17.1 Å². The van der Waals surface area contributed by atoms with E-state index < -0.39 is 0 Å². The van der Waals surface area contributed by atoms with Crippen LogP contribution in [0.15, 0.2) is 24.4 Å². The van der Waals surface area contributed by atoms with Crippen LogP contribution >= 0.6 is 0 Å². The molecule has 1 heterocycles. The van der Waals surface area contributed by atoms with Gasteiger partial charge in [0.05, 0.1) is 5.56 Å². The topological polar surface area (TPSA) is 65.6 Å². The van der Waals surface area contributed by atoms with Crippen LogP contribution in [-0.2, 0) is 6.42 Å². The SMILES string of the molecule is N#Cc1c[nH]c2ccc(CCN)cc12. The third-order valence-electron chi connectivity index (χ3n) is 2.30. The molecule has 0 saturated heterocycles. The number of rotatable bonds is 2. The fourth-order valence-electron chi connectivity index (χ4n) is 1.58. The second-order valence-electron chi connectivity index (χ2n) is 3.23. The van der Waals surface area contributed by atoms with E-state index in [0.29, 0.717) is 12.1 Å². The standard InChI is InChI=1S/C11H11N3/c12-4-3-8-1-2-11-10(5-8)9(6-13)7-14-11/h1-2,5,7,14H,3-4,12H2. The quantitative estimate of drug-likeness (QED) is 0.745. The highest BCUT2D eigenvalue weighted by atomic mass is 14.7. The first-order valence-corrected chi connectivity index (χ1v) is 4.55. The average Bonchev–Trinajstić information content (AvgIpc) is 2.60. The van der Waals surface area contributed by atoms with Crippen molar-refractivity contribution in [3.05, 3.63) is 35.5 Å². The zero-order valence-corrected chi connectivity index (χ0v) is 7.75. The van der Waals surface area contributed by atoms with Crippen molar-refractivity contribution in [1.82, 2.24) is 4.98 Å². The van der Waals surface area contributed by atoms with Gasteiger partial charge in [0.1, 0.15) is 6.07 Å². The van der Waals surface area contributed by atoms with E-state index in [9.17, 15) is 0 Å². The molecule has 0 aliphatic heterocycles. The monoisotopic (exact) mass is 185 g/mol. The summed E-state index contributed by atoms with van der Waals surface area (Å²) in [6.45, 7) is 0.637. The smallest absolute Gasteiger partial charge is 0.101 e. The summed E-state index contributed by atoms with van der Waals surface area (Å²) in [6, 6.07) is 8.20. The molecule has 1 aromatic heterocycles. The molecular weight excluding hydrogens is 174 g/mol. The van der Waals surface area contributed by atoms with Crippen LogP contribution in [-0.4, -0.2) is 11.5 Å². The maximum absolute atomic E-state index is 8.85. The lowest BCUT2D eigenvalue weighted by Crippen LogP contribution is -2.02. The molecule has 70 valence electrons. The Bertz CT molecular complexity index is 491. The summed E-state index contributed by atoms with van der Waals surface area (Å²) in [7, 11) is 0. The molecule has 0 amide bonds. The van der Waals surface area contributed by atoms with Gasteiger partial charge in [0.25, 0.3) is 0 Å². The minimum absolute atomic E-state index is 0.637. The minimum atomic E-state index is 0.637. The van der Waals surface area contributed by atoms with Gasteiger partial charge >= 0.3 is 0 Å². The van der Waals surface area contributed by atoms with Gasteiger partial charge in [-0.25, -0.2) is 0 Å². The molecule has 0 spiro atoms. The van der Waals surface area contributed by atoms with Crippen molar-refractivity contribution in [2.75, 3.05) is 6.54 Å². The second-order valence-corrected chi connectivity index (χ2v) is 3.23. The normalized spacial score (nSPS) is 10.3. The number of benzene rings is 1. The van der Waals surface area contributed by atoms with E-state index in [1.165, 1.54) is 5.56 Å². The van der Waals surface area contributed by atoms with Crippen LogP contribution in [0.25, 0.3) is 10.9 Å². The van der Waals surface area contributed by atoms with Gasteiger partial charge < -0.3 is 10.7 Å². The number of nitrogens with one attached hydrogen (secondary N) is 1. The lowest BCUT2D eigenvalue weighted by Gasteiger charge is -1.98. The molecule has 0 fully saturated rings. The Hall–Kier alpha value is -1.79. The molecule has 14 heavy (non-hydrogen) atoms. The Morgan fingerprint density at radius 2 is 2.29 bits per heavy atom. The Kier molecular flexibility index (Phi) is 2.21. The number of H-pyrrole nitrogens is 1. The number of nitrogens with zero attached hydrogens (tertiary/aromatic N) is 1. The van der Waals surface area contributed by atoms with Gasteiger partial charge in [-0.1, -0.05) is 6.07 Å². The predicted octanol–water partition coefficient (Wildman–Crippen LogP) is 1.54. The maximum Gasteiger partial charge on any atom is 0.101 e. The van der Waals surface area contributed by atoms with E-state index in [2.05, 4.69) is 11.1 Å². The molecule has 2 aromatic rings. The summed E-state index contributed by atoms with van der Waals surface area (Å²) in [5, 5.41) is 9.84. The molecule has 3 heteroatoms.